The van der Waals surface area contributed by atoms with Crippen LogP contribution in [0.4, 0.5) is 0 Å². The second-order valence-electron chi connectivity index (χ2n) is 4.74. The van der Waals surface area contributed by atoms with Crippen molar-refractivity contribution >= 4 is 0 Å². The highest BCUT2D eigenvalue weighted by atomic mass is 16.5. The van der Waals surface area contributed by atoms with Crippen molar-refractivity contribution in [2.75, 3.05) is 33.9 Å². The van der Waals surface area contributed by atoms with Crippen molar-refractivity contribution in [3.05, 3.63) is 23.8 Å². The molecule has 0 aliphatic carbocycles. The number of likely N-dealkylation sites (N-methyl/N-ethyl adjacent to an activating group) is 1. The maximum Gasteiger partial charge on any atom is 0.161 e. The molecule has 5 heteroatoms. The maximum atomic E-state index is 5.68. The lowest BCUT2D eigenvalue weighted by molar-refractivity contribution is 0.296. The molecule has 0 amide bonds. The van der Waals surface area contributed by atoms with E-state index in [0.717, 1.165) is 30.0 Å². The van der Waals surface area contributed by atoms with Crippen LogP contribution < -0.4 is 20.7 Å². The van der Waals surface area contributed by atoms with E-state index in [1.165, 1.54) is 0 Å². The fraction of sp³-hybridized carbons (Fsp3) is 0.538. The molecule has 1 aliphatic heterocycles. The summed E-state index contributed by atoms with van der Waals surface area (Å²) in [5.41, 5.74) is 3.94. The van der Waals surface area contributed by atoms with E-state index < -0.39 is 0 Å². The average Bonchev–Trinajstić information content (AvgIpc) is 2.59. The van der Waals surface area contributed by atoms with Crippen molar-refractivity contribution in [2.24, 2.45) is 5.84 Å². The van der Waals surface area contributed by atoms with E-state index in [0.29, 0.717) is 13.2 Å². The van der Waals surface area contributed by atoms with Crippen LogP contribution in [0.25, 0.3) is 0 Å². The van der Waals surface area contributed by atoms with E-state index in [1.54, 1.807) is 0 Å². The zero-order valence-electron chi connectivity index (χ0n) is 11.0. The Balaban J connectivity index is 2.20. The van der Waals surface area contributed by atoms with E-state index in [9.17, 15) is 0 Å². The zero-order chi connectivity index (χ0) is 13.0. The highest BCUT2D eigenvalue weighted by Crippen LogP contribution is 2.32. The fourth-order valence-electron chi connectivity index (χ4n) is 2.02. The van der Waals surface area contributed by atoms with Gasteiger partial charge in [-0.3, -0.25) is 11.3 Å². The van der Waals surface area contributed by atoms with Crippen LogP contribution in [-0.4, -0.2) is 38.8 Å². The van der Waals surface area contributed by atoms with Gasteiger partial charge in [0.15, 0.2) is 11.5 Å². The SMILES string of the molecule is CN(C)CC(NN)c1ccc2c(c1)OCCCO2. The zero-order valence-corrected chi connectivity index (χ0v) is 11.0. The van der Waals surface area contributed by atoms with Crippen molar-refractivity contribution in [1.29, 1.82) is 0 Å². The van der Waals surface area contributed by atoms with Crippen molar-refractivity contribution in [2.45, 2.75) is 12.5 Å². The molecule has 1 aromatic rings. The summed E-state index contributed by atoms with van der Waals surface area (Å²) in [4.78, 5) is 2.09. The number of fused-ring (bicyclic) bond motifs is 1. The fourth-order valence-corrected chi connectivity index (χ4v) is 2.02. The van der Waals surface area contributed by atoms with Crippen LogP contribution >= 0.6 is 0 Å². The molecule has 100 valence electrons. The molecular weight excluding hydrogens is 230 g/mol. The molecule has 3 N–H and O–H groups in total. The third-order valence-electron chi connectivity index (χ3n) is 2.92. The summed E-state index contributed by atoms with van der Waals surface area (Å²) < 4.78 is 11.3. The number of nitrogens with one attached hydrogen (secondary N) is 1. The Kier molecular flexibility index (Phi) is 4.41. The van der Waals surface area contributed by atoms with Crippen LogP contribution in [0.2, 0.25) is 0 Å². The lowest BCUT2D eigenvalue weighted by atomic mass is 10.1. The van der Waals surface area contributed by atoms with Crippen molar-refractivity contribution < 1.29 is 9.47 Å². The summed E-state index contributed by atoms with van der Waals surface area (Å²) in [7, 11) is 4.04. The van der Waals surface area contributed by atoms with Crippen molar-refractivity contribution in [3.8, 4) is 11.5 Å². The monoisotopic (exact) mass is 251 g/mol. The number of benzene rings is 1. The van der Waals surface area contributed by atoms with Crippen LogP contribution in [0.5, 0.6) is 11.5 Å². The first-order valence-corrected chi connectivity index (χ1v) is 6.21. The standard InChI is InChI=1S/C13H21N3O2/c1-16(2)9-11(15-14)10-4-5-12-13(8-10)18-7-3-6-17-12/h4-5,8,11,15H,3,6-7,9,14H2,1-2H3. The number of ether oxygens (including phenoxy) is 2. The van der Waals surface area contributed by atoms with Gasteiger partial charge in [-0.05, 0) is 31.8 Å². The van der Waals surface area contributed by atoms with Crippen LogP contribution in [-0.2, 0) is 0 Å². The van der Waals surface area contributed by atoms with Crippen molar-refractivity contribution in [1.82, 2.24) is 10.3 Å². The third kappa shape index (κ3) is 3.13. The predicted octanol–water partition coefficient (Wildman–Crippen LogP) is 0.914. The van der Waals surface area contributed by atoms with Gasteiger partial charge in [-0.1, -0.05) is 6.07 Å². The number of nitrogens with two attached hydrogens (primary N) is 1. The highest BCUT2D eigenvalue weighted by Gasteiger charge is 2.15. The maximum absolute atomic E-state index is 5.68. The molecule has 0 bridgehead atoms. The van der Waals surface area contributed by atoms with Crippen LogP contribution in [0.1, 0.15) is 18.0 Å². The van der Waals surface area contributed by atoms with E-state index in [4.69, 9.17) is 15.3 Å². The van der Waals surface area contributed by atoms with Gasteiger partial charge in [0.2, 0.25) is 0 Å². The number of nitrogens with zero attached hydrogens (tertiary/aromatic N) is 1. The molecule has 1 atom stereocenters. The Hall–Kier alpha value is -1.30. The van der Waals surface area contributed by atoms with Crippen LogP contribution in [0.3, 0.4) is 0 Å². The molecule has 1 aromatic carbocycles. The summed E-state index contributed by atoms with van der Waals surface area (Å²) in [5.74, 6) is 7.24. The molecule has 5 nitrogen and oxygen atoms in total. The summed E-state index contributed by atoms with van der Waals surface area (Å²) in [6.45, 7) is 2.24. The largest absolute Gasteiger partial charge is 0.490 e. The Morgan fingerprint density at radius 2 is 2.00 bits per heavy atom. The molecule has 18 heavy (non-hydrogen) atoms. The van der Waals surface area contributed by atoms with Gasteiger partial charge in [0.25, 0.3) is 0 Å². The van der Waals surface area contributed by atoms with Gasteiger partial charge in [-0.25, -0.2) is 0 Å². The summed E-state index contributed by atoms with van der Waals surface area (Å²) in [5, 5.41) is 0. The van der Waals surface area contributed by atoms with Gasteiger partial charge in [-0.2, -0.15) is 0 Å². The van der Waals surface area contributed by atoms with Crippen LogP contribution in [0, 0.1) is 0 Å². The quantitative estimate of drug-likeness (QED) is 0.615. The summed E-state index contributed by atoms with van der Waals surface area (Å²) in [6.07, 6.45) is 0.917. The first-order valence-electron chi connectivity index (χ1n) is 6.21. The van der Waals surface area contributed by atoms with E-state index >= 15 is 0 Å². The topological polar surface area (TPSA) is 59.8 Å². The number of hydrogen-bond donors (Lipinski definition) is 2. The Morgan fingerprint density at radius 1 is 1.28 bits per heavy atom. The third-order valence-corrected chi connectivity index (χ3v) is 2.92. The smallest absolute Gasteiger partial charge is 0.161 e. The lowest BCUT2D eigenvalue weighted by Gasteiger charge is -2.21. The molecule has 0 saturated heterocycles. The molecule has 0 aromatic heterocycles. The van der Waals surface area contributed by atoms with Gasteiger partial charge < -0.3 is 14.4 Å². The minimum absolute atomic E-state index is 0.0807. The molecule has 1 aliphatic rings. The normalized spacial score (nSPS) is 16.4. The lowest BCUT2D eigenvalue weighted by Crippen LogP contribution is -2.35. The van der Waals surface area contributed by atoms with Gasteiger partial charge in [0, 0.05) is 13.0 Å². The van der Waals surface area contributed by atoms with Gasteiger partial charge in [0.1, 0.15) is 0 Å². The Bertz CT molecular complexity index is 396. The molecule has 1 heterocycles. The highest BCUT2D eigenvalue weighted by molar-refractivity contribution is 5.44. The van der Waals surface area contributed by atoms with Crippen molar-refractivity contribution in [3.63, 3.8) is 0 Å². The Labute approximate surface area is 108 Å². The molecule has 0 spiro atoms. The molecule has 0 radical (unpaired) electrons. The Morgan fingerprint density at radius 3 is 2.67 bits per heavy atom. The van der Waals surface area contributed by atoms with Crippen LogP contribution in [0.15, 0.2) is 18.2 Å². The van der Waals surface area contributed by atoms with E-state index in [2.05, 4.69) is 10.3 Å². The number of rotatable bonds is 4. The van der Waals surface area contributed by atoms with Gasteiger partial charge in [-0.15, -0.1) is 0 Å². The number of hydrazine groups is 1. The second kappa shape index (κ2) is 6.04. The predicted molar refractivity (Wildman–Crippen MR) is 70.7 cm³/mol. The van der Waals surface area contributed by atoms with E-state index in [1.807, 2.05) is 32.3 Å². The summed E-state index contributed by atoms with van der Waals surface area (Å²) >= 11 is 0. The van der Waals surface area contributed by atoms with Gasteiger partial charge >= 0.3 is 0 Å². The molecule has 2 rings (SSSR count). The molecular formula is C13H21N3O2. The number of hydrogen-bond acceptors (Lipinski definition) is 5. The molecule has 1 unspecified atom stereocenters. The average molecular weight is 251 g/mol. The minimum Gasteiger partial charge on any atom is -0.490 e. The van der Waals surface area contributed by atoms with Gasteiger partial charge in [0.05, 0.1) is 19.3 Å². The van der Waals surface area contributed by atoms with E-state index in [-0.39, 0.29) is 6.04 Å². The molecule has 0 fully saturated rings. The second-order valence-corrected chi connectivity index (χ2v) is 4.74. The summed E-state index contributed by atoms with van der Waals surface area (Å²) in [6, 6.07) is 6.07. The molecule has 0 saturated carbocycles. The first kappa shape index (κ1) is 13.1. The first-order chi connectivity index (χ1) is 8.70. The minimum atomic E-state index is 0.0807.